The van der Waals surface area contributed by atoms with E-state index in [1.165, 1.54) is 173 Å². The molecule has 5 N–H and O–H groups in total. The molecule has 0 spiro atoms. The fraction of sp³-hybridized carbons (Fsp3) is 0.896. The maximum Gasteiger partial charge on any atom is 0.249 e. The summed E-state index contributed by atoms with van der Waals surface area (Å²) >= 11 is 0. The molecule has 54 heavy (non-hydrogen) atoms. The molecule has 6 heteroatoms. The first-order valence-corrected chi connectivity index (χ1v) is 23.7. The van der Waals surface area contributed by atoms with Crippen LogP contribution in [0.1, 0.15) is 245 Å². The van der Waals surface area contributed by atoms with Crippen LogP contribution in [-0.4, -0.2) is 57.3 Å². The number of hydrogen-bond acceptors (Lipinski definition) is 5. The number of aliphatic hydroxyl groups excluding tert-OH is 4. The highest BCUT2D eigenvalue weighted by molar-refractivity contribution is 5.80. The van der Waals surface area contributed by atoms with Crippen molar-refractivity contribution < 1.29 is 25.2 Å². The molecule has 0 fully saturated rings. The highest BCUT2D eigenvalue weighted by atomic mass is 16.3. The Morgan fingerprint density at radius 2 is 0.778 bits per heavy atom. The lowest BCUT2D eigenvalue weighted by atomic mass is 10.00. The summed E-state index contributed by atoms with van der Waals surface area (Å²) in [6.45, 7) is 4.05. The van der Waals surface area contributed by atoms with Gasteiger partial charge in [-0.15, -0.1) is 0 Å². The number of carbonyl (C=O) groups excluding carboxylic acids is 1. The molecule has 0 rings (SSSR count). The van der Waals surface area contributed by atoms with E-state index in [0.717, 1.165) is 38.5 Å². The molecule has 1 amide bonds. The molecule has 4 atom stereocenters. The molecular formula is C48H93NO5. The first-order valence-electron chi connectivity index (χ1n) is 23.7. The number of hydrogen-bond donors (Lipinski definition) is 5. The number of rotatable bonds is 43. The minimum absolute atomic E-state index is 0.364. The molecule has 0 aliphatic carbocycles. The number of allylic oxidation sites excluding steroid dienone is 4. The maximum atomic E-state index is 12.5. The van der Waals surface area contributed by atoms with E-state index < -0.39 is 36.9 Å². The van der Waals surface area contributed by atoms with E-state index in [1.54, 1.807) is 0 Å². The molecule has 0 aromatic heterocycles. The smallest absolute Gasteiger partial charge is 0.249 e. The molecule has 0 saturated carbocycles. The Bertz CT molecular complexity index is 817. The van der Waals surface area contributed by atoms with E-state index >= 15 is 0 Å². The van der Waals surface area contributed by atoms with Crippen LogP contribution in [0, 0.1) is 0 Å². The summed E-state index contributed by atoms with van der Waals surface area (Å²) in [5, 5.41) is 43.7. The quantitative estimate of drug-likeness (QED) is 0.0314. The number of unbranched alkanes of at least 4 members (excludes halogenated alkanes) is 30. The maximum absolute atomic E-state index is 12.5. The van der Waals surface area contributed by atoms with Gasteiger partial charge >= 0.3 is 0 Å². The van der Waals surface area contributed by atoms with E-state index in [4.69, 9.17) is 0 Å². The molecule has 4 unspecified atom stereocenters. The van der Waals surface area contributed by atoms with Gasteiger partial charge in [-0.2, -0.15) is 0 Å². The lowest BCUT2D eigenvalue weighted by Gasteiger charge is -2.27. The lowest BCUT2D eigenvalue weighted by molar-refractivity contribution is -0.132. The third kappa shape index (κ3) is 36.4. The minimum atomic E-state index is -1.29. The summed E-state index contributed by atoms with van der Waals surface area (Å²) < 4.78 is 0. The van der Waals surface area contributed by atoms with Crippen molar-refractivity contribution in [1.82, 2.24) is 5.32 Å². The number of amides is 1. The van der Waals surface area contributed by atoms with Gasteiger partial charge in [-0.1, -0.05) is 218 Å². The second kappa shape index (κ2) is 42.9. The van der Waals surface area contributed by atoms with Crippen LogP contribution in [-0.2, 0) is 4.79 Å². The largest absolute Gasteiger partial charge is 0.394 e. The summed E-state index contributed by atoms with van der Waals surface area (Å²) in [6.07, 6.45) is 49.3. The van der Waals surface area contributed by atoms with Crippen LogP contribution < -0.4 is 5.32 Å². The summed E-state index contributed by atoms with van der Waals surface area (Å²) in [7, 11) is 0. The Morgan fingerprint density at radius 3 is 1.17 bits per heavy atom. The van der Waals surface area contributed by atoms with Gasteiger partial charge in [0.2, 0.25) is 5.91 Å². The fourth-order valence-electron chi connectivity index (χ4n) is 7.36. The second-order valence-electron chi connectivity index (χ2n) is 16.4. The van der Waals surface area contributed by atoms with E-state index in [0.29, 0.717) is 19.3 Å². The van der Waals surface area contributed by atoms with Gasteiger partial charge in [0.05, 0.1) is 18.8 Å². The van der Waals surface area contributed by atoms with Crippen molar-refractivity contribution in [1.29, 1.82) is 0 Å². The highest BCUT2D eigenvalue weighted by Gasteiger charge is 2.28. The average Bonchev–Trinajstić information content (AvgIpc) is 3.18. The summed E-state index contributed by atoms with van der Waals surface area (Å²) in [5.41, 5.74) is 0. The first-order chi connectivity index (χ1) is 26.5. The van der Waals surface area contributed by atoms with Gasteiger partial charge in [-0.05, 0) is 51.4 Å². The van der Waals surface area contributed by atoms with Crippen LogP contribution in [0.4, 0.5) is 0 Å². The molecule has 6 nitrogen and oxygen atoms in total. The Balaban J connectivity index is 3.75. The predicted molar refractivity (Wildman–Crippen MR) is 233 cm³/mol. The molecule has 0 aliphatic rings. The zero-order valence-electron chi connectivity index (χ0n) is 36.0. The van der Waals surface area contributed by atoms with Crippen molar-refractivity contribution in [3.8, 4) is 0 Å². The van der Waals surface area contributed by atoms with Gasteiger partial charge in [0.1, 0.15) is 12.2 Å². The molecule has 320 valence electrons. The Kier molecular flexibility index (Phi) is 42.0. The molecule has 0 radical (unpaired) electrons. The Morgan fingerprint density at radius 1 is 0.444 bits per heavy atom. The van der Waals surface area contributed by atoms with Crippen molar-refractivity contribution in [2.24, 2.45) is 0 Å². The molecule has 0 saturated heterocycles. The standard InChI is InChI=1S/C48H93NO5/c1-3-5-7-9-11-13-15-17-19-20-21-22-23-24-25-26-28-29-31-33-35-37-39-41-45(51)47(53)44(43-50)49-48(54)46(52)42-40-38-36-34-32-30-27-18-16-14-12-10-8-6-4-2/h26,28,33,35,44-47,50-53H,3-25,27,29-32,34,36-43H2,1-2H3,(H,49,54)/b28-26+,35-33+. The van der Waals surface area contributed by atoms with Crippen molar-refractivity contribution in [3.63, 3.8) is 0 Å². The first kappa shape index (κ1) is 52.8. The summed E-state index contributed by atoms with van der Waals surface area (Å²) in [4.78, 5) is 12.5. The van der Waals surface area contributed by atoms with E-state index in [2.05, 4.69) is 43.5 Å². The number of nitrogens with one attached hydrogen (secondary N) is 1. The van der Waals surface area contributed by atoms with Crippen LogP contribution in [0.5, 0.6) is 0 Å². The molecule has 0 aliphatic heterocycles. The Labute approximate surface area is 335 Å². The van der Waals surface area contributed by atoms with Gasteiger partial charge in [-0.25, -0.2) is 0 Å². The average molecular weight is 764 g/mol. The van der Waals surface area contributed by atoms with Crippen molar-refractivity contribution in [2.45, 2.75) is 269 Å². The summed E-state index contributed by atoms with van der Waals surface area (Å²) in [5.74, 6) is -0.595. The van der Waals surface area contributed by atoms with Gasteiger partial charge in [0.15, 0.2) is 0 Å². The van der Waals surface area contributed by atoms with Gasteiger partial charge in [0, 0.05) is 0 Å². The monoisotopic (exact) mass is 764 g/mol. The second-order valence-corrected chi connectivity index (χ2v) is 16.4. The fourth-order valence-corrected chi connectivity index (χ4v) is 7.36. The van der Waals surface area contributed by atoms with Gasteiger partial charge in [-0.3, -0.25) is 4.79 Å². The van der Waals surface area contributed by atoms with Crippen LogP contribution in [0.15, 0.2) is 24.3 Å². The molecule has 0 bridgehead atoms. The predicted octanol–water partition coefficient (Wildman–Crippen LogP) is 12.7. The minimum Gasteiger partial charge on any atom is -0.394 e. The Hall–Kier alpha value is -1.21. The lowest BCUT2D eigenvalue weighted by Crippen LogP contribution is -2.53. The number of carbonyl (C=O) groups is 1. The summed E-state index contributed by atoms with van der Waals surface area (Å²) in [6, 6.07) is -1.00. The molecule has 0 aromatic carbocycles. The number of aliphatic hydroxyl groups is 4. The highest BCUT2D eigenvalue weighted by Crippen LogP contribution is 2.16. The van der Waals surface area contributed by atoms with Gasteiger partial charge in [0.25, 0.3) is 0 Å². The normalized spacial score (nSPS) is 14.3. The molecule has 0 heterocycles. The SMILES string of the molecule is CCCCCCCCCCCCCCCC/C=C/CC/C=C/CCCC(O)C(O)C(CO)NC(=O)C(O)CCCCCCCCCCCCCCCCC. The topological polar surface area (TPSA) is 110 Å². The third-order valence-electron chi connectivity index (χ3n) is 11.1. The molecular weight excluding hydrogens is 671 g/mol. The zero-order chi connectivity index (χ0) is 39.6. The van der Waals surface area contributed by atoms with Crippen LogP contribution in [0.3, 0.4) is 0 Å². The van der Waals surface area contributed by atoms with Gasteiger partial charge < -0.3 is 25.7 Å². The van der Waals surface area contributed by atoms with Crippen LogP contribution in [0.25, 0.3) is 0 Å². The third-order valence-corrected chi connectivity index (χ3v) is 11.1. The molecule has 0 aromatic rings. The van der Waals surface area contributed by atoms with Crippen molar-refractivity contribution in [3.05, 3.63) is 24.3 Å². The van der Waals surface area contributed by atoms with Crippen molar-refractivity contribution in [2.75, 3.05) is 6.61 Å². The van der Waals surface area contributed by atoms with Crippen molar-refractivity contribution >= 4 is 5.91 Å². The van der Waals surface area contributed by atoms with E-state index in [-0.39, 0.29) is 0 Å². The zero-order valence-corrected chi connectivity index (χ0v) is 36.0. The van der Waals surface area contributed by atoms with Crippen LogP contribution >= 0.6 is 0 Å². The van der Waals surface area contributed by atoms with E-state index in [9.17, 15) is 25.2 Å². The van der Waals surface area contributed by atoms with E-state index in [1.807, 2.05) is 0 Å². The van der Waals surface area contributed by atoms with Crippen LogP contribution in [0.2, 0.25) is 0 Å².